The standard InChI is InChI=1S/C19H16F2O6/c20-18(21,11-22)19(27,16(25)13-9-5-2-6-10-13)17(26)15(24)14(23)12-7-3-1-4-8-12/h1-11,14-15,23-24,27H/t14?,15?,19-/m1/s1. The molecule has 3 N–H and O–H groups in total. The molecule has 0 saturated carbocycles. The van der Waals surface area contributed by atoms with Crippen molar-refractivity contribution in [3.05, 3.63) is 71.8 Å². The predicted octanol–water partition coefficient (Wildman–Crippen LogP) is 1.10. The van der Waals surface area contributed by atoms with E-state index in [9.17, 15) is 38.5 Å². The number of carbonyl (C=O) groups is 3. The molecule has 0 aliphatic rings. The van der Waals surface area contributed by atoms with Crippen molar-refractivity contribution < 1.29 is 38.5 Å². The molecule has 0 amide bonds. The van der Waals surface area contributed by atoms with E-state index in [2.05, 4.69) is 0 Å². The van der Waals surface area contributed by atoms with E-state index in [1.165, 1.54) is 42.5 Å². The number of hydrogen-bond donors (Lipinski definition) is 3. The van der Waals surface area contributed by atoms with Gasteiger partial charge in [0.1, 0.15) is 12.2 Å². The Balaban J connectivity index is 2.49. The number of hydrogen-bond acceptors (Lipinski definition) is 6. The molecule has 142 valence electrons. The van der Waals surface area contributed by atoms with Crippen LogP contribution < -0.4 is 0 Å². The molecular weight excluding hydrogens is 362 g/mol. The van der Waals surface area contributed by atoms with Gasteiger partial charge in [0.25, 0.3) is 5.60 Å². The van der Waals surface area contributed by atoms with Gasteiger partial charge in [-0.05, 0) is 5.56 Å². The van der Waals surface area contributed by atoms with E-state index in [-0.39, 0.29) is 5.56 Å². The van der Waals surface area contributed by atoms with Gasteiger partial charge >= 0.3 is 5.92 Å². The molecule has 0 spiro atoms. The maximum Gasteiger partial charge on any atom is 0.345 e. The Morgan fingerprint density at radius 3 is 1.89 bits per heavy atom. The number of halogens is 2. The molecule has 0 radical (unpaired) electrons. The lowest BCUT2D eigenvalue weighted by molar-refractivity contribution is -0.183. The number of carbonyl (C=O) groups excluding carboxylic acids is 3. The number of rotatable bonds is 8. The Bertz CT molecular complexity index is 825. The third-order valence-electron chi connectivity index (χ3n) is 4.06. The number of aldehydes is 1. The van der Waals surface area contributed by atoms with Crippen molar-refractivity contribution >= 4 is 17.9 Å². The molecule has 3 atom stereocenters. The van der Waals surface area contributed by atoms with Crippen molar-refractivity contribution in [3.8, 4) is 0 Å². The molecule has 2 aromatic carbocycles. The highest BCUT2D eigenvalue weighted by Gasteiger charge is 2.65. The van der Waals surface area contributed by atoms with Crippen LogP contribution >= 0.6 is 0 Å². The lowest BCUT2D eigenvalue weighted by atomic mass is 9.79. The molecule has 2 rings (SSSR count). The van der Waals surface area contributed by atoms with E-state index >= 15 is 0 Å². The van der Waals surface area contributed by atoms with Gasteiger partial charge in [-0.2, -0.15) is 8.78 Å². The van der Waals surface area contributed by atoms with Crippen molar-refractivity contribution in [3.63, 3.8) is 0 Å². The largest absolute Gasteiger partial charge is 0.385 e. The van der Waals surface area contributed by atoms with E-state index in [4.69, 9.17) is 0 Å². The van der Waals surface area contributed by atoms with Gasteiger partial charge < -0.3 is 15.3 Å². The minimum atomic E-state index is -4.84. The number of benzene rings is 2. The molecular formula is C19H16F2O6. The molecule has 0 saturated heterocycles. The lowest BCUT2D eigenvalue weighted by Crippen LogP contribution is -2.64. The number of alkyl halides is 2. The number of ketones is 2. The molecule has 2 unspecified atom stereocenters. The SMILES string of the molecule is O=CC(F)(F)[C@@](O)(C(=O)c1ccccc1)C(=O)C(O)C(O)c1ccccc1. The van der Waals surface area contributed by atoms with Crippen molar-refractivity contribution in [2.24, 2.45) is 0 Å². The monoisotopic (exact) mass is 378 g/mol. The maximum atomic E-state index is 14.2. The zero-order valence-electron chi connectivity index (χ0n) is 13.8. The highest BCUT2D eigenvalue weighted by atomic mass is 19.3. The topological polar surface area (TPSA) is 112 Å². The van der Waals surface area contributed by atoms with Gasteiger partial charge in [-0.25, -0.2) is 0 Å². The van der Waals surface area contributed by atoms with E-state index in [1.807, 2.05) is 0 Å². The Morgan fingerprint density at radius 2 is 1.41 bits per heavy atom. The van der Waals surface area contributed by atoms with Crippen molar-refractivity contribution in [1.29, 1.82) is 0 Å². The number of Topliss-reactive ketones (excluding diaryl/α,β-unsaturated/α-hetero) is 2. The van der Waals surface area contributed by atoms with Crippen LogP contribution in [-0.2, 0) is 9.59 Å². The minimum Gasteiger partial charge on any atom is -0.385 e. The summed E-state index contributed by atoms with van der Waals surface area (Å²) < 4.78 is 28.3. The van der Waals surface area contributed by atoms with Crippen LogP contribution in [0, 0.1) is 0 Å². The fraction of sp³-hybridized carbons (Fsp3) is 0.211. The quantitative estimate of drug-likeness (QED) is 0.360. The molecule has 0 aliphatic heterocycles. The Kier molecular flexibility index (Phi) is 5.94. The van der Waals surface area contributed by atoms with Crippen molar-refractivity contribution in [1.82, 2.24) is 0 Å². The molecule has 27 heavy (non-hydrogen) atoms. The third-order valence-corrected chi connectivity index (χ3v) is 4.06. The summed E-state index contributed by atoms with van der Waals surface area (Å²) in [5, 5.41) is 30.5. The minimum absolute atomic E-state index is 0.0118. The van der Waals surface area contributed by atoms with E-state index in [0.717, 1.165) is 12.1 Å². The molecule has 0 bridgehead atoms. The average molecular weight is 378 g/mol. The summed E-state index contributed by atoms with van der Waals surface area (Å²) in [5.41, 5.74) is -4.68. The average Bonchev–Trinajstić information content (AvgIpc) is 2.72. The zero-order chi connectivity index (χ0) is 20.2. The van der Waals surface area contributed by atoms with E-state index < -0.39 is 47.1 Å². The van der Waals surface area contributed by atoms with Crippen LogP contribution in [-0.4, -0.2) is 50.8 Å². The number of aliphatic hydroxyl groups is 3. The summed E-state index contributed by atoms with van der Waals surface area (Å²) in [6, 6.07) is 13.3. The van der Waals surface area contributed by atoms with Crippen LogP contribution in [0.25, 0.3) is 0 Å². The summed E-state index contributed by atoms with van der Waals surface area (Å²) in [7, 11) is 0. The molecule has 0 fully saturated rings. The van der Waals surface area contributed by atoms with Gasteiger partial charge in [0.15, 0.2) is 6.29 Å². The first-order valence-corrected chi connectivity index (χ1v) is 7.78. The second kappa shape index (κ2) is 7.83. The predicted molar refractivity (Wildman–Crippen MR) is 89.1 cm³/mol. The van der Waals surface area contributed by atoms with Crippen LogP contribution in [0.3, 0.4) is 0 Å². The smallest absolute Gasteiger partial charge is 0.345 e. The van der Waals surface area contributed by atoms with E-state index in [0.29, 0.717) is 0 Å². The first-order valence-electron chi connectivity index (χ1n) is 7.78. The Morgan fingerprint density at radius 1 is 0.926 bits per heavy atom. The van der Waals surface area contributed by atoms with E-state index in [1.54, 1.807) is 6.07 Å². The number of aliphatic hydroxyl groups excluding tert-OH is 2. The summed E-state index contributed by atoms with van der Waals surface area (Å²) in [6.07, 6.45) is -5.64. The van der Waals surface area contributed by atoms with Gasteiger partial charge in [0, 0.05) is 5.56 Å². The highest BCUT2D eigenvalue weighted by Crippen LogP contribution is 2.34. The molecule has 0 heterocycles. The maximum absolute atomic E-state index is 14.2. The van der Waals surface area contributed by atoms with Gasteiger partial charge in [0.2, 0.25) is 11.6 Å². The molecule has 0 aromatic heterocycles. The lowest BCUT2D eigenvalue weighted by Gasteiger charge is -2.32. The molecule has 0 aliphatic carbocycles. The fourth-order valence-electron chi connectivity index (χ4n) is 2.50. The van der Waals surface area contributed by atoms with Crippen LogP contribution in [0.5, 0.6) is 0 Å². The molecule has 6 nitrogen and oxygen atoms in total. The Hall–Kier alpha value is -2.81. The normalized spacial score (nSPS) is 16.0. The van der Waals surface area contributed by atoms with Gasteiger partial charge in [-0.3, -0.25) is 14.4 Å². The highest BCUT2D eigenvalue weighted by molar-refractivity contribution is 6.21. The summed E-state index contributed by atoms with van der Waals surface area (Å²) in [6.45, 7) is 0. The van der Waals surface area contributed by atoms with Crippen LogP contribution in [0.15, 0.2) is 60.7 Å². The molecule has 8 heteroatoms. The van der Waals surface area contributed by atoms with Crippen molar-refractivity contribution in [2.45, 2.75) is 23.7 Å². The summed E-state index contributed by atoms with van der Waals surface area (Å²) in [4.78, 5) is 35.8. The molecule has 2 aromatic rings. The van der Waals surface area contributed by atoms with Gasteiger partial charge in [0.05, 0.1) is 0 Å². The summed E-state index contributed by atoms with van der Waals surface area (Å²) >= 11 is 0. The second-order valence-electron chi connectivity index (χ2n) is 5.81. The van der Waals surface area contributed by atoms with Crippen LogP contribution in [0.4, 0.5) is 8.78 Å². The summed E-state index contributed by atoms with van der Waals surface area (Å²) in [5.74, 6) is -8.71. The Labute approximate surface area is 152 Å². The first-order chi connectivity index (χ1) is 12.7. The van der Waals surface area contributed by atoms with Crippen molar-refractivity contribution in [2.75, 3.05) is 0 Å². The zero-order valence-corrected chi connectivity index (χ0v) is 13.8. The van der Waals surface area contributed by atoms with Gasteiger partial charge in [-0.15, -0.1) is 0 Å². The second-order valence-corrected chi connectivity index (χ2v) is 5.81. The van der Waals surface area contributed by atoms with Crippen LogP contribution in [0.2, 0.25) is 0 Å². The van der Waals surface area contributed by atoms with Gasteiger partial charge in [-0.1, -0.05) is 60.7 Å². The fourth-order valence-corrected chi connectivity index (χ4v) is 2.50. The first kappa shape index (κ1) is 20.5. The van der Waals surface area contributed by atoms with Crippen LogP contribution in [0.1, 0.15) is 22.0 Å². The third kappa shape index (κ3) is 3.68.